The van der Waals surface area contributed by atoms with Crippen LogP contribution in [0.5, 0.6) is 11.5 Å². The minimum Gasteiger partial charge on any atom is -0.490 e. The summed E-state index contributed by atoms with van der Waals surface area (Å²) in [5.41, 5.74) is 7.86. The van der Waals surface area contributed by atoms with E-state index < -0.39 is 12.2 Å². The van der Waals surface area contributed by atoms with E-state index in [0.717, 1.165) is 70.9 Å². The Bertz CT molecular complexity index is 2180. The van der Waals surface area contributed by atoms with Gasteiger partial charge in [-0.3, -0.25) is 0 Å². The third kappa shape index (κ3) is 11.6. The topological polar surface area (TPSA) is 235 Å². The predicted molar refractivity (Wildman–Crippen MR) is 234 cm³/mol. The molecular formula is C44H58N10O8. The van der Waals surface area contributed by atoms with Crippen LogP contribution in [0.15, 0.2) is 45.4 Å². The summed E-state index contributed by atoms with van der Waals surface area (Å²) in [4.78, 5) is 31.4. The first-order valence-corrected chi connectivity index (χ1v) is 20.7. The van der Waals surface area contributed by atoms with E-state index in [9.17, 15) is 10.2 Å². The second-order valence-corrected chi connectivity index (χ2v) is 14.8. The highest BCUT2D eigenvalue weighted by Gasteiger charge is 2.20. The van der Waals surface area contributed by atoms with E-state index in [4.69, 9.17) is 28.7 Å². The van der Waals surface area contributed by atoms with Crippen LogP contribution in [0.2, 0.25) is 0 Å². The lowest BCUT2D eigenvalue weighted by molar-refractivity contribution is 0.0532. The molecule has 0 bridgehead atoms. The zero-order valence-electron chi connectivity index (χ0n) is 37.2. The van der Waals surface area contributed by atoms with Gasteiger partial charge in [0.15, 0.2) is 0 Å². The van der Waals surface area contributed by atoms with Crippen LogP contribution in [0.4, 0.5) is 11.9 Å². The molecule has 18 nitrogen and oxygen atoms in total. The monoisotopic (exact) mass is 854 g/mol. The maximum absolute atomic E-state index is 9.53. The lowest BCUT2D eigenvalue weighted by Crippen LogP contribution is -2.24. The molecule has 62 heavy (non-hydrogen) atoms. The van der Waals surface area contributed by atoms with Crippen LogP contribution in [0, 0.1) is 41.5 Å². The third-order valence-electron chi connectivity index (χ3n) is 9.77. The van der Waals surface area contributed by atoms with Crippen molar-refractivity contribution in [2.24, 2.45) is 0 Å². The zero-order chi connectivity index (χ0) is 45.1. The molecule has 2 atom stereocenters. The van der Waals surface area contributed by atoms with Crippen molar-refractivity contribution in [2.45, 2.75) is 81.4 Å². The summed E-state index contributed by atoms with van der Waals surface area (Å²) >= 11 is 0. The minimum absolute atomic E-state index is 0.0197. The summed E-state index contributed by atoms with van der Waals surface area (Å²) in [5.74, 6) is 4.15. The molecule has 4 N–H and O–H groups in total. The van der Waals surface area contributed by atoms with Gasteiger partial charge in [-0.25, -0.2) is 19.9 Å². The number of aromatic nitrogens is 8. The Kier molecular flexibility index (Phi) is 16.4. The van der Waals surface area contributed by atoms with Gasteiger partial charge < -0.3 is 48.7 Å². The minimum atomic E-state index is -0.921. The van der Waals surface area contributed by atoms with Gasteiger partial charge in [0.1, 0.15) is 48.3 Å². The number of anilines is 2. The maximum Gasteiger partial charge on any atom is 0.277 e. The van der Waals surface area contributed by atoms with Crippen molar-refractivity contribution >= 4 is 11.9 Å². The Morgan fingerprint density at radius 2 is 0.855 bits per heavy atom. The van der Waals surface area contributed by atoms with Crippen molar-refractivity contribution in [1.29, 1.82) is 0 Å². The molecule has 4 heterocycles. The molecule has 0 fully saturated rings. The Morgan fingerprint density at radius 1 is 0.516 bits per heavy atom. The SMILES string of the molecule is CCN(CC)c1nc(C)cc(-c2nc(-c3cc(C)c(OCC(O)CO)c(C)c3)no2)n1.CCN(CC)c1nc(C)cc(-c2nc(-c3cc(C)c(OCC(O)CO)c(C)c3)no2)n1. The Balaban J connectivity index is 0.000000234. The van der Waals surface area contributed by atoms with Crippen molar-refractivity contribution in [2.75, 3.05) is 62.4 Å². The van der Waals surface area contributed by atoms with Crippen LogP contribution in [-0.4, -0.2) is 125 Å². The first kappa shape index (κ1) is 47.0. The van der Waals surface area contributed by atoms with Gasteiger partial charge in [0.05, 0.1) is 13.2 Å². The largest absolute Gasteiger partial charge is 0.490 e. The lowest BCUT2D eigenvalue weighted by Gasteiger charge is -2.18. The van der Waals surface area contributed by atoms with E-state index >= 15 is 0 Å². The highest BCUT2D eigenvalue weighted by molar-refractivity contribution is 5.64. The summed E-state index contributed by atoms with van der Waals surface area (Å²) in [5, 5.41) is 45.3. The maximum atomic E-state index is 9.53. The number of benzene rings is 2. The van der Waals surface area contributed by atoms with E-state index in [1.807, 2.05) is 77.9 Å². The van der Waals surface area contributed by atoms with Crippen molar-refractivity contribution in [3.63, 3.8) is 0 Å². The zero-order valence-corrected chi connectivity index (χ0v) is 37.2. The summed E-state index contributed by atoms with van der Waals surface area (Å²) < 4.78 is 22.3. The van der Waals surface area contributed by atoms with Crippen LogP contribution < -0.4 is 19.3 Å². The highest BCUT2D eigenvalue weighted by atomic mass is 16.5. The highest BCUT2D eigenvalue weighted by Crippen LogP contribution is 2.32. The van der Waals surface area contributed by atoms with Crippen molar-refractivity contribution in [3.8, 4) is 57.4 Å². The van der Waals surface area contributed by atoms with E-state index in [1.165, 1.54) is 0 Å². The Labute approximate surface area is 361 Å². The van der Waals surface area contributed by atoms with Gasteiger partial charge >= 0.3 is 0 Å². The van der Waals surface area contributed by atoms with Gasteiger partial charge in [-0.15, -0.1) is 0 Å². The number of nitrogens with zero attached hydrogens (tertiary/aromatic N) is 10. The Morgan fingerprint density at radius 3 is 1.16 bits per heavy atom. The molecule has 0 radical (unpaired) electrons. The molecule has 0 aliphatic heterocycles. The van der Waals surface area contributed by atoms with Gasteiger partial charge in [0.25, 0.3) is 11.8 Å². The summed E-state index contributed by atoms with van der Waals surface area (Å²) in [7, 11) is 0. The Hall–Kier alpha value is -6.08. The number of aryl methyl sites for hydroxylation is 6. The van der Waals surface area contributed by atoms with Crippen LogP contribution in [-0.2, 0) is 0 Å². The molecule has 4 aromatic heterocycles. The fourth-order valence-electron chi connectivity index (χ4n) is 6.59. The number of aliphatic hydroxyl groups is 4. The van der Waals surface area contributed by atoms with Crippen LogP contribution >= 0.6 is 0 Å². The number of rotatable bonds is 18. The van der Waals surface area contributed by atoms with Gasteiger partial charge in [0, 0.05) is 48.7 Å². The number of hydrogen-bond donors (Lipinski definition) is 4. The van der Waals surface area contributed by atoms with Gasteiger partial charge in [-0.05, 0) is 128 Å². The molecule has 0 spiro atoms. The summed E-state index contributed by atoms with van der Waals surface area (Å²) in [6, 6.07) is 11.2. The van der Waals surface area contributed by atoms with Crippen molar-refractivity contribution < 1.29 is 38.9 Å². The van der Waals surface area contributed by atoms with Crippen LogP contribution in [0.3, 0.4) is 0 Å². The molecule has 2 aromatic carbocycles. The lowest BCUT2D eigenvalue weighted by atomic mass is 10.1. The van der Waals surface area contributed by atoms with E-state index in [2.05, 4.69) is 77.7 Å². The van der Waals surface area contributed by atoms with Gasteiger partial charge in [-0.1, -0.05) is 10.3 Å². The molecule has 2 unspecified atom stereocenters. The van der Waals surface area contributed by atoms with Crippen LogP contribution in [0.25, 0.3) is 45.9 Å². The number of aliphatic hydroxyl groups excluding tert-OH is 4. The van der Waals surface area contributed by atoms with E-state index in [0.29, 0.717) is 58.2 Å². The number of hydrogen-bond acceptors (Lipinski definition) is 18. The van der Waals surface area contributed by atoms with E-state index in [-0.39, 0.29) is 26.4 Å². The predicted octanol–water partition coefficient (Wildman–Crippen LogP) is 5.39. The molecule has 332 valence electrons. The third-order valence-corrected chi connectivity index (χ3v) is 9.77. The summed E-state index contributed by atoms with van der Waals surface area (Å²) in [6.07, 6.45) is -1.84. The standard InChI is InChI=1S/2C22H29N5O4/c2*1-6-27(7-2)22-23-15(5)10-18(24-22)21-25-20(26-31-21)16-8-13(3)19(14(4)9-16)30-12-17(29)11-28/h2*8-10,17,28-29H,6-7,11-12H2,1-5H3. The quantitative estimate of drug-likeness (QED) is 0.0848. The van der Waals surface area contributed by atoms with Gasteiger partial charge in [0.2, 0.25) is 23.5 Å². The molecule has 0 aliphatic carbocycles. The average Bonchev–Trinajstić information content (AvgIpc) is 3.96. The molecule has 6 aromatic rings. The van der Waals surface area contributed by atoms with Crippen molar-refractivity contribution in [3.05, 3.63) is 70.0 Å². The fraction of sp³-hybridized carbons (Fsp3) is 0.455. The van der Waals surface area contributed by atoms with E-state index in [1.54, 1.807) is 0 Å². The molecule has 0 aliphatic rings. The molecule has 0 saturated carbocycles. The molecule has 0 amide bonds. The number of ether oxygens (including phenoxy) is 2. The first-order valence-electron chi connectivity index (χ1n) is 20.7. The molecule has 0 saturated heterocycles. The second-order valence-electron chi connectivity index (χ2n) is 14.8. The average molecular weight is 855 g/mol. The van der Waals surface area contributed by atoms with Crippen molar-refractivity contribution in [1.82, 2.24) is 40.2 Å². The molecule has 6 rings (SSSR count). The van der Waals surface area contributed by atoms with Gasteiger partial charge in [-0.2, -0.15) is 9.97 Å². The normalized spacial score (nSPS) is 12.1. The fourth-order valence-corrected chi connectivity index (χ4v) is 6.59. The summed E-state index contributed by atoms with van der Waals surface area (Å²) in [6.45, 7) is 22.2. The smallest absolute Gasteiger partial charge is 0.277 e. The molecular weight excluding hydrogens is 797 g/mol. The van der Waals surface area contributed by atoms with Crippen LogP contribution in [0.1, 0.15) is 61.3 Å². The first-order chi connectivity index (χ1) is 29.7. The molecule has 18 heteroatoms. The second kappa shape index (κ2) is 21.6.